The summed E-state index contributed by atoms with van der Waals surface area (Å²) >= 11 is 17.6. The molecule has 0 radical (unpaired) electrons. The molecule has 2 aromatic carbocycles. The molecule has 29 heavy (non-hydrogen) atoms. The molecule has 0 unspecified atom stereocenters. The van der Waals surface area contributed by atoms with Gasteiger partial charge in [-0.1, -0.05) is 35.3 Å². The Morgan fingerprint density at radius 2 is 1.86 bits per heavy atom. The highest BCUT2D eigenvalue weighted by Crippen LogP contribution is 2.38. The Morgan fingerprint density at radius 1 is 1.14 bits per heavy atom. The Bertz CT molecular complexity index is 961. The number of rotatable bonds is 7. The van der Waals surface area contributed by atoms with E-state index in [4.69, 9.17) is 44.9 Å². The van der Waals surface area contributed by atoms with Crippen molar-refractivity contribution in [1.29, 1.82) is 0 Å². The lowest BCUT2D eigenvalue weighted by molar-refractivity contribution is -0.122. The van der Waals surface area contributed by atoms with Gasteiger partial charge < -0.3 is 14.8 Å². The molecule has 0 saturated carbocycles. The van der Waals surface area contributed by atoms with E-state index in [2.05, 4.69) is 5.32 Å². The lowest BCUT2D eigenvalue weighted by atomic mass is 10.1. The number of hydrogen-bond acceptors (Lipinski definition) is 4. The van der Waals surface area contributed by atoms with Crippen LogP contribution in [0.1, 0.15) is 25.0 Å². The first-order valence-corrected chi connectivity index (χ1v) is 10.3. The summed E-state index contributed by atoms with van der Waals surface area (Å²) in [6.07, 6.45) is 1.70. The predicted molar refractivity (Wildman–Crippen MR) is 120 cm³/mol. The Morgan fingerprint density at radius 3 is 2.48 bits per heavy atom. The van der Waals surface area contributed by atoms with Gasteiger partial charge >= 0.3 is 0 Å². The highest BCUT2D eigenvalue weighted by atomic mass is 35.5. The highest BCUT2D eigenvalue weighted by Gasteiger charge is 2.29. The number of nitrogens with one attached hydrogen (secondary N) is 1. The summed E-state index contributed by atoms with van der Waals surface area (Å²) in [4.78, 5) is 13.9. The molecular formula is C21H20Cl2N2O3S. The van der Waals surface area contributed by atoms with Crippen LogP contribution < -0.4 is 14.8 Å². The first-order valence-electron chi connectivity index (χ1n) is 9.11. The Hall–Kier alpha value is -2.28. The van der Waals surface area contributed by atoms with Crippen molar-refractivity contribution in [2.24, 2.45) is 0 Å². The van der Waals surface area contributed by atoms with Crippen LogP contribution in [0, 0.1) is 0 Å². The average Bonchev–Trinajstić information content (AvgIpc) is 2.95. The number of nitrogens with zero attached hydrogens (tertiary/aromatic N) is 1. The van der Waals surface area contributed by atoms with Crippen LogP contribution in [0.3, 0.4) is 0 Å². The third-order valence-electron chi connectivity index (χ3n) is 4.22. The van der Waals surface area contributed by atoms with Gasteiger partial charge in [0.25, 0.3) is 5.91 Å². The smallest absolute Gasteiger partial charge is 0.276 e. The monoisotopic (exact) mass is 450 g/mol. The molecule has 2 aromatic rings. The number of halogens is 2. The fourth-order valence-electron chi connectivity index (χ4n) is 2.84. The van der Waals surface area contributed by atoms with E-state index in [0.717, 1.165) is 5.56 Å². The number of carbonyl (C=O) groups is 1. The summed E-state index contributed by atoms with van der Waals surface area (Å²) in [7, 11) is 0. The second-order valence-electron chi connectivity index (χ2n) is 6.22. The van der Waals surface area contributed by atoms with Crippen LogP contribution in [-0.4, -0.2) is 29.1 Å². The van der Waals surface area contributed by atoms with Crippen LogP contribution in [0.5, 0.6) is 11.5 Å². The Labute approximate surface area is 185 Å². The van der Waals surface area contributed by atoms with E-state index < -0.39 is 0 Å². The molecule has 1 fully saturated rings. The minimum Gasteiger partial charge on any atom is -0.490 e. The van der Waals surface area contributed by atoms with Gasteiger partial charge in [-0.2, -0.15) is 0 Å². The van der Waals surface area contributed by atoms with Crippen molar-refractivity contribution >= 4 is 52.5 Å². The van der Waals surface area contributed by atoms with Crippen molar-refractivity contribution in [3.8, 4) is 11.5 Å². The van der Waals surface area contributed by atoms with Crippen molar-refractivity contribution in [3.63, 3.8) is 0 Å². The largest absolute Gasteiger partial charge is 0.490 e. The highest BCUT2D eigenvalue weighted by molar-refractivity contribution is 7.80. The van der Waals surface area contributed by atoms with Crippen LogP contribution in [0.15, 0.2) is 42.1 Å². The maximum absolute atomic E-state index is 12.4. The average molecular weight is 451 g/mol. The van der Waals surface area contributed by atoms with E-state index in [0.29, 0.717) is 57.7 Å². The normalized spacial score (nSPS) is 15.0. The van der Waals surface area contributed by atoms with Crippen molar-refractivity contribution in [3.05, 3.63) is 63.3 Å². The van der Waals surface area contributed by atoms with Gasteiger partial charge in [0.05, 0.1) is 11.6 Å². The van der Waals surface area contributed by atoms with Gasteiger partial charge in [-0.25, -0.2) is 0 Å². The maximum atomic E-state index is 12.4. The van der Waals surface area contributed by atoms with Crippen molar-refractivity contribution in [1.82, 2.24) is 10.2 Å². The number of carbonyl (C=O) groups excluding carboxylic acids is 1. The fourth-order valence-corrected chi connectivity index (χ4v) is 3.56. The molecule has 0 spiro atoms. The van der Waals surface area contributed by atoms with E-state index in [1.807, 2.05) is 26.0 Å². The molecular weight excluding hydrogens is 431 g/mol. The number of amides is 1. The summed E-state index contributed by atoms with van der Waals surface area (Å²) < 4.78 is 11.6. The number of hydrogen-bond donors (Lipinski definition) is 1. The molecule has 1 N–H and O–H groups in total. The quantitative estimate of drug-likeness (QED) is 0.472. The molecule has 1 aliphatic heterocycles. The topological polar surface area (TPSA) is 50.8 Å². The number of thiocarbonyl (C=S) groups is 1. The van der Waals surface area contributed by atoms with Gasteiger partial charge in [-0.3, -0.25) is 9.69 Å². The van der Waals surface area contributed by atoms with E-state index in [9.17, 15) is 4.79 Å². The first kappa shape index (κ1) is 21.4. The first-order chi connectivity index (χ1) is 13.9. The summed E-state index contributed by atoms with van der Waals surface area (Å²) in [5.74, 6) is 0.776. The lowest BCUT2D eigenvalue weighted by Crippen LogP contribution is -2.30. The number of benzene rings is 2. The maximum Gasteiger partial charge on any atom is 0.276 e. The lowest BCUT2D eigenvalue weighted by Gasteiger charge is -2.15. The van der Waals surface area contributed by atoms with Crippen LogP contribution in [-0.2, 0) is 11.4 Å². The van der Waals surface area contributed by atoms with Crippen LogP contribution in [0.25, 0.3) is 6.08 Å². The van der Waals surface area contributed by atoms with Gasteiger partial charge in [0.15, 0.2) is 16.6 Å². The molecule has 0 aliphatic carbocycles. The molecule has 152 valence electrons. The van der Waals surface area contributed by atoms with Gasteiger partial charge in [0.1, 0.15) is 12.3 Å². The molecule has 0 aromatic heterocycles. The Balaban J connectivity index is 1.86. The molecule has 3 rings (SSSR count). The van der Waals surface area contributed by atoms with Gasteiger partial charge in [-0.15, -0.1) is 0 Å². The van der Waals surface area contributed by atoms with Gasteiger partial charge in [0.2, 0.25) is 0 Å². The molecule has 1 heterocycles. The number of ether oxygens (including phenoxy) is 2. The molecule has 8 heteroatoms. The molecule has 1 aliphatic rings. The minimum atomic E-state index is -0.172. The molecule has 0 atom stereocenters. The van der Waals surface area contributed by atoms with E-state index in [1.165, 1.54) is 4.90 Å². The Kier molecular flexibility index (Phi) is 7.00. The third kappa shape index (κ3) is 5.01. The number of likely N-dealkylation sites (N-methyl/N-ethyl adjacent to an activating group) is 1. The predicted octanol–water partition coefficient (Wildman–Crippen LogP) is 5.05. The fraction of sp³-hybridized carbons (Fsp3) is 0.238. The second-order valence-corrected chi connectivity index (χ2v) is 7.45. The molecule has 1 saturated heterocycles. The van der Waals surface area contributed by atoms with E-state index in [1.54, 1.807) is 30.3 Å². The zero-order valence-electron chi connectivity index (χ0n) is 16.0. The van der Waals surface area contributed by atoms with Crippen molar-refractivity contribution in [2.45, 2.75) is 20.5 Å². The summed E-state index contributed by atoms with van der Waals surface area (Å²) in [6.45, 7) is 5.01. The van der Waals surface area contributed by atoms with Crippen LogP contribution in [0.2, 0.25) is 10.0 Å². The third-order valence-corrected chi connectivity index (χ3v) is 5.07. The van der Waals surface area contributed by atoms with E-state index >= 15 is 0 Å². The zero-order chi connectivity index (χ0) is 21.0. The summed E-state index contributed by atoms with van der Waals surface area (Å²) in [6, 6.07) is 10.9. The standard InChI is InChI=1S/C21H20Cl2N2O3S/c1-3-25-20(26)17(24-21(25)29)10-14-9-16(23)19(18(11-14)27-4-2)28-12-13-5-7-15(22)8-6-13/h5-11H,3-4,12H2,1-2H3,(H,24,29)/b17-10-. The van der Waals surface area contributed by atoms with Crippen molar-refractivity contribution < 1.29 is 14.3 Å². The molecule has 5 nitrogen and oxygen atoms in total. The second kappa shape index (κ2) is 9.48. The van der Waals surface area contributed by atoms with Crippen LogP contribution in [0.4, 0.5) is 0 Å². The zero-order valence-corrected chi connectivity index (χ0v) is 18.3. The van der Waals surface area contributed by atoms with Gasteiger partial charge in [-0.05, 0) is 67.5 Å². The molecule has 0 bridgehead atoms. The van der Waals surface area contributed by atoms with Crippen LogP contribution >= 0.6 is 35.4 Å². The summed E-state index contributed by atoms with van der Waals surface area (Å²) in [5, 5.41) is 4.37. The molecule has 1 amide bonds. The summed E-state index contributed by atoms with van der Waals surface area (Å²) in [5.41, 5.74) is 2.05. The minimum absolute atomic E-state index is 0.172. The van der Waals surface area contributed by atoms with Gasteiger partial charge in [0, 0.05) is 11.6 Å². The SMILES string of the molecule is CCOc1cc(/C=C2\NC(=S)N(CC)C2=O)cc(Cl)c1OCc1ccc(Cl)cc1. The van der Waals surface area contributed by atoms with E-state index in [-0.39, 0.29) is 5.91 Å². The van der Waals surface area contributed by atoms with Crippen molar-refractivity contribution in [2.75, 3.05) is 13.2 Å².